The molecule has 0 saturated heterocycles. The van der Waals surface area contributed by atoms with Crippen molar-refractivity contribution in [1.82, 2.24) is 0 Å². The highest BCUT2D eigenvalue weighted by Crippen LogP contribution is 2.09. The van der Waals surface area contributed by atoms with E-state index in [1.807, 2.05) is 0 Å². The molecule has 1 aromatic rings. The van der Waals surface area contributed by atoms with E-state index in [-0.39, 0.29) is 5.82 Å². The Kier molecular flexibility index (Phi) is 3.03. The minimum absolute atomic E-state index is 0.179. The molecule has 0 aliphatic rings. The fourth-order valence-electron chi connectivity index (χ4n) is 0.946. The lowest BCUT2D eigenvalue weighted by Gasteiger charge is -1.96. The van der Waals surface area contributed by atoms with Crippen LogP contribution in [-0.4, -0.2) is 0 Å². The normalized spacial score (nSPS) is 11.8. The summed E-state index contributed by atoms with van der Waals surface area (Å²) in [5.74, 6) is -0.179. The van der Waals surface area contributed by atoms with E-state index < -0.39 is 0 Å². The van der Waals surface area contributed by atoms with E-state index in [2.05, 4.69) is 19.9 Å². The van der Waals surface area contributed by atoms with Gasteiger partial charge in [-0.15, -0.1) is 0 Å². The first-order valence-electron chi connectivity index (χ1n) is 4.15. The molecule has 1 rings (SSSR count). The average molecular weight is 164 g/mol. The van der Waals surface area contributed by atoms with Gasteiger partial charge in [-0.25, -0.2) is 4.39 Å². The van der Waals surface area contributed by atoms with E-state index in [9.17, 15) is 4.39 Å². The third-order valence-corrected chi connectivity index (χ3v) is 1.84. The molecule has 0 heterocycles. The Morgan fingerprint density at radius 2 is 1.92 bits per heavy atom. The topological polar surface area (TPSA) is 0 Å². The van der Waals surface area contributed by atoms with Crippen LogP contribution >= 0.6 is 0 Å². The van der Waals surface area contributed by atoms with E-state index in [0.717, 1.165) is 12.0 Å². The standard InChI is InChI=1S/C11H13F/c1-3-9(2)8-10-4-6-11(12)7-5-10/h4-8H,3H2,1-2H3. The van der Waals surface area contributed by atoms with Crippen molar-refractivity contribution in [3.05, 3.63) is 41.2 Å². The summed E-state index contributed by atoms with van der Waals surface area (Å²) in [6.07, 6.45) is 3.11. The van der Waals surface area contributed by atoms with Crippen molar-refractivity contribution in [2.45, 2.75) is 20.3 Å². The molecule has 0 aromatic heterocycles. The lowest BCUT2D eigenvalue weighted by molar-refractivity contribution is 0.628. The van der Waals surface area contributed by atoms with E-state index in [1.165, 1.54) is 17.7 Å². The van der Waals surface area contributed by atoms with Crippen molar-refractivity contribution in [2.75, 3.05) is 0 Å². The SMILES string of the molecule is CCC(C)=Cc1ccc(F)cc1. The van der Waals surface area contributed by atoms with Crippen LogP contribution in [0.2, 0.25) is 0 Å². The first kappa shape index (κ1) is 8.98. The highest BCUT2D eigenvalue weighted by molar-refractivity contribution is 5.51. The predicted octanol–water partition coefficient (Wildman–Crippen LogP) is 3.64. The van der Waals surface area contributed by atoms with Crippen LogP contribution in [0.1, 0.15) is 25.8 Å². The van der Waals surface area contributed by atoms with Crippen molar-refractivity contribution < 1.29 is 4.39 Å². The summed E-state index contributed by atoms with van der Waals surface area (Å²) in [7, 11) is 0. The number of benzene rings is 1. The van der Waals surface area contributed by atoms with Gasteiger partial charge in [0.2, 0.25) is 0 Å². The number of hydrogen-bond acceptors (Lipinski definition) is 0. The second-order valence-electron chi connectivity index (χ2n) is 2.90. The molecule has 0 nitrogen and oxygen atoms in total. The van der Waals surface area contributed by atoms with Gasteiger partial charge < -0.3 is 0 Å². The lowest BCUT2D eigenvalue weighted by Crippen LogP contribution is -1.76. The van der Waals surface area contributed by atoms with Crippen LogP contribution < -0.4 is 0 Å². The number of hydrogen-bond donors (Lipinski definition) is 0. The Bertz CT molecular complexity index is 270. The van der Waals surface area contributed by atoms with E-state index in [1.54, 1.807) is 12.1 Å². The zero-order chi connectivity index (χ0) is 8.97. The van der Waals surface area contributed by atoms with Crippen LogP contribution in [0.4, 0.5) is 4.39 Å². The van der Waals surface area contributed by atoms with Crippen LogP contribution in [-0.2, 0) is 0 Å². The molecular formula is C11H13F. The van der Waals surface area contributed by atoms with E-state index >= 15 is 0 Å². The van der Waals surface area contributed by atoms with Gasteiger partial charge in [-0.1, -0.05) is 30.7 Å². The smallest absolute Gasteiger partial charge is 0.123 e. The summed E-state index contributed by atoms with van der Waals surface area (Å²) in [4.78, 5) is 0. The van der Waals surface area contributed by atoms with Gasteiger partial charge in [0.05, 0.1) is 0 Å². The zero-order valence-electron chi connectivity index (χ0n) is 7.47. The predicted molar refractivity (Wildman–Crippen MR) is 50.3 cm³/mol. The molecule has 0 amide bonds. The monoisotopic (exact) mass is 164 g/mol. The first-order valence-corrected chi connectivity index (χ1v) is 4.15. The Morgan fingerprint density at radius 3 is 2.42 bits per heavy atom. The summed E-state index contributed by atoms with van der Waals surface area (Å²) in [5, 5.41) is 0. The van der Waals surface area contributed by atoms with Gasteiger partial charge in [0.15, 0.2) is 0 Å². The highest BCUT2D eigenvalue weighted by Gasteiger charge is 1.90. The molecule has 0 bridgehead atoms. The van der Waals surface area contributed by atoms with Gasteiger partial charge in [-0.05, 0) is 31.0 Å². The maximum Gasteiger partial charge on any atom is 0.123 e. The molecule has 0 atom stereocenters. The fraction of sp³-hybridized carbons (Fsp3) is 0.273. The molecule has 0 aliphatic heterocycles. The third-order valence-electron chi connectivity index (χ3n) is 1.84. The van der Waals surface area contributed by atoms with Gasteiger partial charge in [-0.2, -0.15) is 0 Å². The van der Waals surface area contributed by atoms with Gasteiger partial charge in [0, 0.05) is 0 Å². The van der Waals surface area contributed by atoms with Crippen LogP contribution in [0.3, 0.4) is 0 Å². The van der Waals surface area contributed by atoms with Crippen LogP contribution in [0.15, 0.2) is 29.8 Å². The van der Waals surface area contributed by atoms with Crippen molar-refractivity contribution in [3.63, 3.8) is 0 Å². The molecule has 64 valence electrons. The van der Waals surface area contributed by atoms with Crippen LogP contribution in [0.5, 0.6) is 0 Å². The highest BCUT2D eigenvalue weighted by atomic mass is 19.1. The number of allylic oxidation sites excluding steroid dienone is 1. The third kappa shape index (κ3) is 2.50. The zero-order valence-corrected chi connectivity index (χ0v) is 7.47. The molecule has 0 saturated carbocycles. The minimum Gasteiger partial charge on any atom is -0.207 e. The maximum absolute atomic E-state index is 12.5. The second kappa shape index (κ2) is 4.05. The Balaban J connectivity index is 2.84. The largest absolute Gasteiger partial charge is 0.207 e. The molecule has 0 unspecified atom stereocenters. The van der Waals surface area contributed by atoms with Crippen molar-refractivity contribution in [3.8, 4) is 0 Å². The van der Waals surface area contributed by atoms with Gasteiger partial charge >= 0.3 is 0 Å². The molecule has 0 aliphatic carbocycles. The molecule has 0 N–H and O–H groups in total. The quantitative estimate of drug-likeness (QED) is 0.626. The Morgan fingerprint density at radius 1 is 1.33 bits per heavy atom. The number of halogens is 1. The molecular weight excluding hydrogens is 151 g/mol. The van der Waals surface area contributed by atoms with E-state index in [0.29, 0.717) is 0 Å². The Hall–Kier alpha value is -1.11. The summed E-state index contributed by atoms with van der Waals surface area (Å²) >= 11 is 0. The molecule has 1 heteroatoms. The summed E-state index contributed by atoms with van der Waals surface area (Å²) in [6.45, 7) is 4.18. The average Bonchev–Trinajstić information content (AvgIpc) is 2.09. The molecule has 0 radical (unpaired) electrons. The second-order valence-corrected chi connectivity index (χ2v) is 2.90. The molecule has 0 fully saturated rings. The van der Waals surface area contributed by atoms with Gasteiger partial charge in [0.1, 0.15) is 5.82 Å². The van der Waals surface area contributed by atoms with Crippen molar-refractivity contribution in [1.29, 1.82) is 0 Å². The van der Waals surface area contributed by atoms with Crippen LogP contribution in [0, 0.1) is 5.82 Å². The van der Waals surface area contributed by atoms with Gasteiger partial charge in [-0.3, -0.25) is 0 Å². The lowest BCUT2D eigenvalue weighted by atomic mass is 10.1. The fourth-order valence-corrected chi connectivity index (χ4v) is 0.946. The summed E-state index contributed by atoms with van der Waals surface area (Å²) < 4.78 is 12.5. The van der Waals surface area contributed by atoms with Crippen molar-refractivity contribution in [2.24, 2.45) is 0 Å². The molecule has 12 heavy (non-hydrogen) atoms. The minimum atomic E-state index is -0.179. The first-order chi connectivity index (χ1) is 5.72. The summed E-state index contributed by atoms with van der Waals surface area (Å²) in [6, 6.07) is 6.53. The molecule has 0 spiro atoms. The molecule has 1 aromatic carbocycles. The van der Waals surface area contributed by atoms with E-state index in [4.69, 9.17) is 0 Å². The van der Waals surface area contributed by atoms with Crippen molar-refractivity contribution >= 4 is 6.08 Å². The Labute approximate surface area is 72.7 Å². The number of rotatable bonds is 2. The van der Waals surface area contributed by atoms with Gasteiger partial charge in [0.25, 0.3) is 0 Å². The summed E-state index contributed by atoms with van der Waals surface area (Å²) in [5.41, 5.74) is 2.37. The van der Waals surface area contributed by atoms with Crippen LogP contribution in [0.25, 0.3) is 6.08 Å². The maximum atomic E-state index is 12.5.